The van der Waals surface area contributed by atoms with E-state index in [1.807, 2.05) is 6.07 Å². The van der Waals surface area contributed by atoms with Gasteiger partial charge in [0.25, 0.3) is 0 Å². The Morgan fingerprint density at radius 1 is 1.40 bits per heavy atom. The van der Waals surface area contributed by atoms with E-state index in [-0.39, 0.29) is 0 Å². The number of aromatic nitrogens is 2. The highest BCUT2D eigenvalue weighted by molar-refractivity contribution is 5.75. The minimum atomic E-state index is 0.887. The van der Waals surface area contributed by atoms with Crippen LogP contribution in [-0.4, -0.2) is 9.97 Å². The van der Waals surface area contributed by atoms with Crippen molar-refractivity contribution in [3.05, 3.63) is 36.8 Å². The van der Waals surface area contributed by atoms with E-state index in [0.29, 0.717) is 0 Å². The van der Waals surface area contributed by atoms with E-state index in [1.165, 1.54) is 6.33 Å². The van der Waals surface area contributed by atoms with E-state index in [0.717, 1.165) is 10.9 Å². The van der Waals surface area contributed by atoms with Gasteiger partial charge in [0.15, 0.2) is 0 Å². The molecule has 1 aromatic carbocycles. The lowest BCUT2D eigenvalue weighted by atomic mass is 10.2. The van der Waals surface area contributed by atoms with Gasteiger partial charge in [0.1, 0.15) is 6.33 Å². The fourth-order valence-corrected chi connectivity index (χ4v) is 0.805. The average Bonchev–Trinajstić information content (AvgIpc) is 2.05. The highest BCUT2D eigenvalue weighted by Gasteiger charge is 1.88. The predicted molar refractivity (Wildman–Crippen MR) is 37.2 cm³/mol. The van der Waals surface area contributed by atoms with Gasteiger partial charge in [-0.1, -0.05) is 0 Å². The fourth-order valence-electron chi connectivity index (χ4n) is 0.805. The highest BCUT2D eigenvalue weighted by atomic mass is 14.8. The smallest absolute Gasteiger partial charge is 0.116 e. The predicted octanol–water partition coefficient (Wildman–Crippen LogP) is 1.23. The highest BCUT2D eigenvalue weighted by Crippen LogP contribution is 2.05. The van der Waals surface area contributed by atoms with Gasteiger partial charge in [-0.25, -0.2) is 9.97 Å². The van der Waals surface area contributed by atoms with Gasteiger partial charge in [-0.2, -0.15) is 0 Å². The molecule has 0 saturated heterocycles. The molecule has 0 aliphatic carbocycles. The van der Waals surface area contributed by atoms with Crippen LogP contribution in [-0.2, 0) is 0 Å². The molecular formula is C8H4N2. The van der Waals surface area contributed by atoms with Gasteiger partial charge >= 0.3 is 0 Å². The lowest BCUT2D eigenvalue weighted by Crippen LogP contribution is -1.78. The number of hydrogen-bond donors (Lipinski definition) is 0. The summed E-state index contributed by atoms with van der Waals surface area (Å²) in [5, 5.41) is 0.932. The van der Waals surface area contributed by atoms with Crippen LogP contribution in [0.15, 0.2) is 24.7 Å². The van der Waals surface area contributed by atoms with E-state index >= 15 is 0 Å². The molecule has 2 radical (unpaired) electrons. The van der Waals surface area contributed by atoms with Crippen LogP contribution in [0, 0.1) is 12.1 Å². The van der Waals surface area contributed by atoms with Crippen molar-refractivity contribution in [2.75, 3.05) is 0 Å². The van der Waals surface area contributed by atoms with Crippen LogP contribution in [0.25, 0.3) is 10.9 Å². The third-order valence-corrected chi connectivity index (χ3v) is 1.27. The van der Waals surface area contributed by atoms with Crippen LogP contribution in [0.3, 0.4) is 0 Å². The van der Waals surface area contributed by atoms with Gasteiger partial charge in [-0.15, -0.1) is 0 Å². The molecule has 0 unspecified atom stereocenters. The minimum Gasteiger partial charge on any atom is -0.244 e. The van der Waals surface area contributed by atoms with Crippen molar-refractivity contribution in [3.63, 3.8) is 0 Å². The van der Waals surface area contributed by atoms with E-state index < -0.39 is 0 Å². The maximum absolute atomic E-state index is 4.01. The van der Waals surface area contributed by atoms with E-state index in [2.05, 4.69) is 22.1 Å². The monoisotopic (exact) mass is 128 g/mol. The molecule has 0 aliphatic heterocycles. The average molecular weight is 128 g/mol. The normalized spacial score (nSPS) is 10.0. The molecular weight excluding hydrogens is 124 g/mol. The lowest BCUT2D eigenvalue weighted by Gasteiger charge is -1.89. The number of rotatable bonds is 0. The SMILES string of the molecule is [c]1c[c]c2cncnc2c1. The molecule has 10 heavy (non-hydrogen) atoms. The summed E-state index contributed by atoms with van der Waals surface area (Å²) in [5.74, 6) is 0. The van der Waals surface area contributed by atoms with Crippen molar-refractivity contribution in [2.45, 2.75) is 0 Å². The molecule has 2 aromatic rings. The Bertz CT molecular complexity index is 278. The molecule has 0 spiro atoms. The molecule has 0 saturated carbocycles. The Morgan fingerprint density at radius 2 is 2.40 bits per heavy atom. The second-order valence-corrected chi connectivity index (χ2v) is 1.92. The van der Waals surface area contributed by atoms with Crippen LogP contribution >= 0.6 is 0 Å². The Labute approximate surface area is 58.6 Å². The first-order valence-corrected chi connectivity index (χ1v) is 2.94. The fraction of sp³-hybridized carbons (Fsp3) is 0. The third-order valence-electron chi connectivity index (χ3n) is 1.27. The summed E-state index contributed by atoms with van der Waals surface area (Å²) >= 11 is 0. The summed E-state index contributed by atoms with van der Waals surface area (Å²) in [4.78, 5) is 7.86. The molecule has 0 aliphatic rings. The summed E-state index contributed by atoms with van der Waals surface area (Å²) in [6.45, 7) is 0. The van der Waals surface area contributed by atoms with Crippen LogP contribution in [0.5, 0.6) is 0 Å². The summed E-state index contributed by atoms with van der Waals surface area (Å²) in [5.41, 5.74) is 0.887. The quantitative estimate of drug-likeness (QED) is 0.533. The standard InChI is InChI=1S/C8H4N2/c1-2-4-8-7(3-1)5-9-6-10-8/h1,4-6H. The zero-order valence-electron chi connectivity index (χ0n) is 5.20. The molecule has 0 amide bonds. The summed E-state index contributed by atoms with van der Waals surface area (Å²) in [7, 11) is 0. The van der Waals surface area contributed by atoms with Crippen molar-refractivity contribution in [3.8, 4) is 0 Å². The zero-order valence-corrected chi connectivity index (χ0v) is 5.20. The Kier molecular flexibility index (Phi) is 1.10. The van der Waals surface area contributed by atoms with Crippen LogP contribution in [0.2, 0.25) is 0 Å². The van der Waals surface area contributed by atoms with Crippen LogP contribution in [0.4, 0.5) is 0 Å². The number of benzene rings is 1. The maximum atomic E-state index is 4.01. The van der Waals surface area contributed by atoms with Gasteiger partial charge in [0, 0.05) is 11.6 Å². The first-order chi connectivity index (χ1) is 4.97. The molecule has 2 nitrogen and oxygen atoms in total. The van der Waals surface area contributed by atoms with E-state index in [1.54, 1.807) is 12.3 Å². The second kappa shape index (κ2) is 2.06. The molecule has 2 rings (SSSR count). The van der Waals surface area contributed by atoms with Crippen molar-refractivity contribution in [1.82, 2.24) is 9.97 Å². The van der Waals surface area contributed by atoms with Crippen LogP contribution < -0.4 is 0 Å². The van der Waals surface area contributed by atoms with Gasteiger partial charge in [-0.05, 0) is 24.3 Å². The zero-order chi connectivity index (χ0) is 6.81. The minimum absolute atomic E-state index is 0.887. The molecule has 0 atom stereocenters. The van der Waals surface area contributed by atoms with Gasteiger partial charge in [0.2, 0.25) is 0 Å². The molecule has 1 aromatic heterocycles. The van der Waals surface area contributed by atoms with Crippen molar-refractivity contribution in [1.29, 1.82) is 0 Å². The Hall–Kier alpha value is -1.44. The first kappa shape index (κ1) is 5.35. The Balaban J connectivity index is 2.89. The van der Waals surface area contributed by atoms with Crippen molar-refractivity contribution < 1.29 is 0 Å². The second-order valence-electron chi connectivity index (χ2n) is 1.92. The lowest BCUT2D eigenvalue weighted by molar-refractivity contribution is 1.22. The van der Waals surface area contributed by atoms with Gasteiger partial charge in [-0.3, -0.25) is 0 Å². The molecule has 0 N–H and O–H groups in total. The largest absolute Gasteiger partial charge is 0.244 e. The van der Waals surface area contributed by atoms with Crippen molar-refractivity contribution in [2.24, 2.45) is 0 Å². The molecule has 1 heterocycles. The van der Waals surface area contributed by atoms with E-state index in [4.69, 9.17) is 0 Å². The summed E-state index contributed by atoms with van der Waals surface area (Å²) < 4.78 is 0. The number of fused-ring (bicyclic) bond motifs is 1. The maximum Gasteiger partial charge on any atom is 0.116 e. The van der Waals surface area contributed by atoms with Crippen molar-refractivity contribution >= 4 is 10.9 Å². The molecule has 0 fully saturated rings. The summed E-state index contributed by atoms with van der Waals surface area (Å²) in [6.07, 6.45) is 3.25. The van der Waals surface area contributed by atoms with Gasteiger partial charge in [0.05, 0.1) is 5.52 Å². The van der Waals surface area contributed by atoms with E-state index in [9.17, 15) is 0 Å². The number of nitrogens with zero attached hydrogens (tertiary/aromatic N) is 2. The molecule has 0 bridgehead atoms. The topological polar surface area (TPSA) is 25.8 Å². The first-order valence-electron chi connectivity index (χ1n) is 2.94. The number of hydrogen-bond acceptors (Lipinski definition) is 2. The van der Waals surface area contributed by atoms with Crippen LogP contribution in [0.1, 0.15) is 0 Å². The Morgan fingerprint density at radius 3 is 3.30 bits per heavy atom. The molecule has 2 heteroatoms. The molecule has 46 valence electrons. The summed E-state index contributed by atoms with van der Waals surface area (Å²) in [6, 6.07) is 9.40. The third kappa shape index (κ3) is 0.739. The van der Waals surface area contributed by atoms with Gasteiger partial charge < -0.3 is 0 Å².